The normalized spacial score (nSPS) is 16.1. The third-order valence-electron chi connectivity index (χ3n) is 4.25. The van der Waals surface area contributed by atoms with Gasteiger partial charge in [0.05, 0.1) is 18.2 Å². The molecule has 3 rings (SSSR count). The minimum Gasteiger partial charge on any atom is -0.460 e. The van der Waals surface area contributed by atoms with Crippen LogP contribution in [0.3, 0.4) is 0 Å². The summed E-state index contributed by atoms with van der Waals surface area (Å²) >= 11 is 5.90. The number of methoxy groups -OCH3 is 1. The topological polar surface area (TPSA) is 85.9 Å². The van der Waals surface area contributed by atoms with Gasteiger partial charge < -0.3 is 24.8 Å². The Labute approximate surface area is 173 Å². The number of rotatable bonds is 7. The molecule has 8 heteroatoms. The fourth-order valence-electron chi connectivity index (χ4n) is 2.91. The van der Waals surface area contributed by atoms with E-state index in [0.717, 1.165) is 0 Å². The largest absolute Gasteiger partial charge is 0.460 e. The Balaban J connectivity index is 1.86. The third kappa shape index (κ3) is 5.28. The number of benzene rings is 2. The number of hydrogen-bond acceptors (Lipinski definition) is 5. The molecule has 0 radical (unpaired) electrons. The van der Waals surface area contributed by atoms with Gasteiger partial charge in [-0.3, -0.25) is 0 Å². The first-order valence-corrected chi connectivity index (χ1v) is 9.33. The summed E-state index contributed by atoms with van der Waals surface area (Å²) in [4.78, 5) is 24.6. The minimum atomic E-state index is -0.674. The Bertz CT molecular complexity index is 927. The number of esters is 1. The van der Waals surface area contributed by atoms with Crippen molar-refractivity contribution in [3.63, 3.8) is 0 Å². The molecule has 1 aliphatic rings. The Kier molecular flexibility index (Phi) is 6.74. The Morgan fingerprint density at radius 2 is 1.86 bits per heavy atom. The monoisotopic (exact) mass is 416 g/mol. The smallest absolute Gasteiger partial charge is 0.338 e. The van der Waals surface area contributed by atoms with Gasteiger partial charge in [-0.2, -0.15) is 0 Å². The SMILES string of the molecule is COCCOC(=O)C1=C(C)NC(=O)N[C@H]1c1cccc(Oc2ccc(Cl)cc2)c1. The summed E-state index contributed by atoms with van der Waals surface area (Å²) in [5, 5.41) is 6.00. The van der Waals surface area contributed by atoms with Crippen molar-refractivity contribution in [3.05, 3.63) is 70.4 Å². The van der Waals surface area contributed by atoms with Crippen LogP contribution in [0.15, 0.2) is 59.8 Å². The van der Waals surface area contributed by atoms with E-state index in [0.29, 0.717) is 33.4 Å². The molecule has 0 aliphatic carbocycles. The average Bonchev–Trinajstić information content (AvgIpc) is 2.69. The molecule has 2 aromatic rings. The van der Waals surface area contributed by atoms with Gasteiger partial charge in [0.15, 0.2) is 0 Å². The molecule has 0 fully saturated rings. The summed E-state index contributed by atoms with van der Waals surface area (Å²) in [6.07, 6.45) is 0. The van der Waals surface area contributed by atoms with Crippen LogP contribution in [0.25, 0.3) is 0 Å². The Morgan fingerprint density at radius 3 is 2.59 bits per heavy atom. The number of carbonyl (C=O) groups is 2. The lowest BCUT2D eigenvalue weighted by molar-refractivity contribution is -0.140. The first-order chi connectivity index (χ1) is 14.0. The highest BCUT2D eigenvalue weighted by Gasteiger charge is 2.32. The lowest BCUT2D eigenvalue weighted by Gasteiger charge is -2.28. The van der Waals surface area contributed by atoms with Crippen LogP contribution in [0.4, 0.5) is 4.79 Å². The Morgan fingerprint density at radius 1 is 1.10 bits per heavy atom. The minimum absolute atomic E-state index is 0.118. The van der Waals surface area contributed by atoms with Gasteiger partial charge in [-0.1, -0.05) is 23.7 Å². The van der Waals surface area contributed by atoms with E-state index in [1.165, 1.54) is 7.11 Å². The average molecular weight is 417 g/mol. The van der Waals surface area contributed by atoms with Crippen molar-refractivity contribution in [1.29, 1.82) is 0 Å². The second-order valence-electron chi connectivity index (χ2n) is 6.33. The predicted octanol–water partition coefficient (Wildman–Crippen LogP) is 3.95. The van der Waals surface area contributed by atoms with Crippen LogP contribution < -0.4 is 15.4 Å². The molecule has 0 bridgehead atoms. The van der Waals surface area contributed by atoms with Crippen molar-refractivity contribution < 1.29 is 23.8 Å². The van der Waals surface area contributed by atoms with Crippen molar-refractivity contribution in [3.8, 4) is 11.5 Å². The van der Waals surface area contributed by atoms with Crippen molar-refractivity contribution in [2.45, 2.75) is 13.0 Å². The number of urea groups is 1. The van der Waals surface area contributed by atoms with E-state index in [9.17, 15) is 9.59 Å². The molecule has 2 N–H and O–H groups in total. The summed E-state index contributed by atoms with van der Waals surface area (Å²) in [5.74, 6) is 0.648. The van der Waals surface area contributed by atoms with Crippen LogP contribution in [0.2, 0.25) is 5.02 Å². The third-order valence-corrected chi connectivity index (χ3v) is 4.50. The molecule has 7 nitrogen and oxygen atoms in total. The van der Waals surface area contributed by atoms with Gasteiger partial charge in [0.2, 0.25) is 0 Å². The molecule has 0 saturated carbocycles. The van der Waals surface area contributed by atoms with E-state index < -0.39 is 18.0 Å². The van der Waals surface area contributed by atoms with Gasteiger partial charge in [-0.25, -0.2) is 9.59 Å². The Hall–Kier alpha value is -3.03. The summed E-state index contributed by atoms with van der Waals surface area (Å²) in [5.41, 5.74) is 1.44. The van der Waals surface area contributed by atoms with Crippen molar-refractivity contribution in [2.75, 3.05) is 20.3 Å². The molecule has 2 aromatic carbocycles. The first kappa shape index (κ1) is 20.7. The van der Waals surface area contributed by atoms with Gasteiger partial charge in [0.1, 0.15) is 18.1 Å². The number of carbonyl (C=O) groups excluding carboxylic acids is 2. The molecule has 29 heavy (non-hydrogen) atoms. The standard InChI is InChI=1S/C21H21ClN2O5/c1-13-18(20(25)28-11-10-27-2)19(24-21(26)23-13)14-4-3-5-17(12-14)29-16-8-6-15(22)7-9-16/h3-9,12,19H,10-11H2,1-2H3,(H2,23,24,26)/t19-/m0/s1. The van der Waals surface area contributed by atoms with Crippen molar-refractivity contribution >= 4 is 23.6 Å². The van der Waals surface area contributed by atoms with E-state index in [1.807, 2.05) is 0 Å². The fourth-order valence-corrected chi connectivity index (χ4v) is 3.03. The van der Waals surface area contributed by atoms with Crippen LogP contribution >= 0.6 is 11.6 Å². The van der Waals surface area contributed by atoms with Crippen molar-refractivity contribution in [1.82, 2.24) is 10.6 Å². The lowest BCUT2D eigenvalue weighted by Crippen LogP contribution is -2.45. The molecule has 1 aliphatic heterocycles. The fraction of sp³-hybridized carbons (Fsp3) is 0.238. The predicted molar refractivity (Wildman–Crippen MR) is 108 cm³/mol. The number of hydrogen-bond donors (Lipinski definition) is 2. The maximum Gasteiger partial charge on any atom is 0.338 e. The van der Waals surface area contributed by atoms with E-state index >= 15 is 0 Å². The van der Waals surface area contributed by atoms with E-state index in [-0.39, 0.29) is 13.2 Å². The zero-order valence-corrected chi connectivity index (χ0v) is 16.8. The molecular formula is C21H21ClN2O5. The van der Waals surface area contributed by atoms with Gasteiger partial charge in [-0.15, -0.1) is 0 Å². The zero-order valence-electron chi connectivity index (χ0n) is 16.0. The van der Waals surface area contributed by atoms with Gasteiger partial charge in [0, 0.05) is 17.8 Å². The highest BCUT2D eigenvalue weighted by molar-refractivity contribution is 6.30. The number of allylic oxidation sites excluding steroid dienone is 1. The quantitative estimate of drug-likeness (QED) is 0.527. The maximum absolute atomic E-state index is 12.6. The van der Waals surface area contributed by atoms with Crippen LogP contribution in [0.1, 0.15) is 18.5 Å². The highest BCUT2D eigenvalue weighted by Crippen LogP contribution is 2.31. The molecule has 1 atom stereocenters. The molecule has 2 amide bonds. The summed E-state index contributed by atoms with van der Waals surface area (Å²) in [6, 6.07) is 13.0. The second kappa shape index (κ2) is 9.45. The number of ether oxygens (including phenoxy) is 3. The van der Waals surface area contributed by atoms with Crippen molar-refractivity contribution in [2.24, 2.45) is 0 Å². The summed E-state index contributed by atoms with van der Waals surface area (Å²) < 4.78 is 16.0. The van der Waals surface area contributed by atoms with Crippen LogP contribution in [-0.2, 0) is 14.3 Å². The first-order valence-electron chi connectivity index (χ1n) is 8.95. The van der Waals surface area contributed by atoms with Gasteiger partial charge in [-0.05, 0) is 48.9 Å². The van der Waals surface area contributed by atoms with E-state index in [1.54, 1.807) is 55.5 Å². The highest BCUT2D eigenvalue weighted by atomic mass is 35.5. The van der Waals surface area contributed by atoms with Crippen LogP contribution in [-0.4, -0.2) is 32.3 Å². The summed E-state index contributed by atoms with van der Waals surface area (Å²) in [6.45, 7) is 2.06. The number of halogens is 1. The van der Waals surface area contributed by atoms with E-state index in [4.69, 9.17) is 25.8 Å². The number of amides is 2. The second-order valence-corrected chi connectivity index (χ2v) is 6.76. The zero-order chi connectivity index (χ0) is 20.8. The van der Waals surface area contributed by atoms with E-state index in [2.05, 4.69) is 10.6 Å². The van der Waals surface area contributed by atoms with Crippen LogP contribution in [0, 0.1) is 0 Å². The maximum atomic E-state index is 12.6. The molecular weight excluding hydrogens is 396 g/mol. The molecule has 152 valence electrons. The summed E-state index contributed by atoms with van der Waals surface area (Å²) in [7, 11) is 1.52. The molecule has 0 saturated heterocycles. The van der Waals surface area contributed by atoms with Crippen LogP contribution in [0.5, 0.6) is 11.5 Å². The molecule has 0 aromatic heterocycles. The molecule has 1 heterocycles. The molecule has 0 spiro atoms. The van der Waals surface area contributed by atoms with Gasteiger partial charge in [0.25, 0.3) is 0 Å². The lowest BCUT2D eigenvalue weighted by atomic mass is 9.95. The van der Waals surface area contributed by atoms with Gasteiger partial charge >= 0.3 is 12.0 Å². The number of nitrogens with one attached hydrogen (secondary N) is 2. The molecule has 0 unspecified atom stereocenters.